The van der Waals surface area contributed by atoms with Gasteiger partial charge in [-0.3, -0.25) is 4.90 Å². The first-order valence-electron chi connectivity index (χ1n) is 9.03. The molecular formula is C20H29NO5. The number of carboxylic acid groups (broad SMARTS) is 1. The van der Waals surface area contributed by atoms with Crippen molar-refractivity contribution < 1.29 is 24.2 Å². The monoisotopic (exact) mass is 363 g/mol. The second-order valence-electron chi connectivity index (χ2n) is 8.10. The first-order valence-corrected chi connectivity index (χ1v) is 9.03. The van der Waals surface area contributed by atoms with E-state index >= 15 is 0 Å². The summed E-state index contributed by atoms with van der Waals surface area (Å²) in [7, 11) is 0. The second kappa shape index (κ2) is 7.98. The minimum atomic E-state index is -0.987. The van der Waals surface area contributed by atoms with E-state index in [1.165, 1.54) is 4.90 Å². The fourth-order valence-electron chi connectivity index (χ4n) is 3.14. The first kappa shape index (κ1) is 20.1. The molecule has 6 heteroatoms. The molecule has 1 aromatic rings. The van der Waals surface area contributed by atoms with Crippen LogP contribution in [-0.4, -0.2) is 46.4 Å². The molecule has 2 rings (SSSR count). The summed E-state index contributed by atoms with van der Waals surface area (Å²) in [4.78, 5) is 25.2. The van der Waals surface area contributed by atoms with Crippen LogP contribution in [0.1, 0.15) is 46.6 Å². The van der Waals surface area contributed by atoms with E-state index in [-0.39, 0.29) is 12.0 Å². The van der Waals surface area contributed by atoms with Gasteiger partial charge in [0.05, 0.1) is 6.10 Å². The zero-order valence-corrected chi connectivity index (χ0v) is 16.2. The molecule has 144 valence electrons. The summed E-state index contributed by atoms with van der Waals surface area (Å²) in [5.74, 6) is -0.0894. The van der Waals surface area contributed by atoms with Crippen molar-refractivity contribution in [3.8, 4) is 5.75 Å². The number of hydrogen-bond donors (Lipinski definition) is 1. The Labute approximate surface area is 155 Å². The van der Waals surface area contributed by atoms with Crippen LogP contribution in [0.2, 0.25) is 0 Å². The molecule has 1 aliphatic heterocycles. The highest BCUT2D eigenvalue weighted by molar-refractivity contribution is 5.81. The number of nitrogens with zero attached hydrogens (tertiary/aromatic N) is 1. The minimum absolute atomic E-state index is 0.0838. The Balaban J connectivity index is 2.02. The lowest BCUT2D eigenvalue weighted by Crippen LogP contribution is -2.43. The SMILES string of the molecule is CC(C)Oc1ccc(CC2C[C@@H](C(=O)O)N(C(=O)OC(C)(C)C)C2)cc1. The molecule has 0 bridgehead atoms. The zero-order valence-electron chi connectivity index (χ0n) is 16.2. The van der Waals surface area contributed by atoms with Crippen LogP contribution in [0, 0.1) is 5.92 Å². The van der Waals surface area contributed by atoms with Crippen LogP contribution in [-0.2, 0) is 16.0 Å². The van der Waals surface area contributed by atoms with Crippen LogP contribution in [0.25, 0.3) is 0 Å². The quantitative estimate of drug-likeness (QED) is 0.863. The number of carbonyl (C=O) groups excluding carboxylic acids is 1. The van der Waals surface area contributed by atoms with Gasteiger partial charge in [0.1, 0.15) is 17.4 Å². The molecule has 0 aliphatic carbocycles. The smallest absolute Gasteiger partial charge is 0.411 e. The topological polar surface area (TPSA) is 76.1 Å². The van der Waals surface area contributed by atoms with E-state index in [0.29, 0.717) is 19.4 Å². The molecule has 0 spiro atoms. The molecule has 26 heavy (non-hydrogen) atoms. The molecule has 1 amide bonds. The zero-order chi connectivity index (χ0) is 19.5. The minimum Gasteiger partial charge on any atom is -0.491 e. The van der Waals surface area contributed by atoms with Crippen LogP contribution in [0.5, 0.6) is 5.75 Å². The largest absolute Gasteiger partial charge is 0.491 e. The van der Waals surface area contributed by atoms with Crippen molar-refractivity contribution in [1.82, 2.24) is 4.90 Å². The molecule has 2 atom stereocenters. The Morgan fingerprint density at radius 1 is 1.23 bits per heavy atom. The summed E-state index contributed by atoms with van der Waals surface area (Å²) in [5.41, 5.74) is 0.450. The summed E-state index contributed by atoms with van der Waals surface area (Å²) >= 11 is 0. The normalized spacial score (nSPS) is 20.3. The third-order valence-electron chi connectivity index (χ3n) is 4.12. The van der Waals surface area contributed by atoms with Gasteiger partial charge in [-0.05, 0) is 71.1 Å². The first-order chi connectivity index (χ1) is 12.0. The summed E-state index contributed by atoms with van der Waals surface area (Å²) < 4.78 is 11.0. The lowest BCUT2D eigenvalue weighted by atomic mass is 9.97. The highest BCUT2D eigenvalue weighted by Gasteiger charge is 2.41. The highest BCUT2D eigenvalue weighted by Crippen LogP contribution is 2.29. The number of benzene rings is 1. The Morgan fingerprint density at radius 3 is 2.35 bits per heavy atom. The van der Waals surface area contributed by atoms with E-state index in [2.05, 4.69) is 0 Å². The number of rotatable bonds is 5. The van der Waals surface area contributed by atoms with Crippen molar-refractivity contribution in [3.05, 3.63) is 29.8 Å². The molecular weight excluding hydrogens is 334 g/mol. The molecule has 0 radical (unpaired) electrons. The van der Waals surface area contributed by atoms with Crippen LogP contribution >= 0.6 is 0 Å². The number of carboxylic acids is 1. The highest BCUT2D eigenvalue weighted by atomic mass is 16.6. The summed E-state index contributed by atoms with van der Waals surface area (Å²) in [6.07, 6.45) is 0.701. The lowest BCUT2D eigenvalue weighted by molar-refractivity contribution is -0.142. The van der Waals surface area contributed by atoms with Gasteiger partial charge in [0.25, 0.3) is 0 Å². The Hall–Kier alpha value is -2.24. The fourth-order valence-corrected chi connectivity index (χ4v) is 3.14. The second-order valence-corrected chi connectivity index (χ2v) is 8.10. The Morgan fingerprint density at radius 2 is 1.85 bits per heavy atom. The van der Waals surface area contributed by atoms with E-state index in [0.717, 1.165) is 11.3 Å². The van der Waals surface area contributed by atoms with E-state index in [4.69, 9.17) is 9.47 Å². The predicted molar refractivity (Wildman–Crippen MR) is 98.4 cm³/mol. The molecule has 0 saturated carbocycles. The molecule has 6 nitrogen and oxygen atoms in total. The number of carbonyl (C=O) groups is 2. The third-order valence-corrected chi connectivity index (χ3v) is 4.12. The number of ether oxygens (including phenoxy) is 2. The van der Waals surface area contributed by atoms with Gasteiger partial charge < -0.3 is 14.6 Å². The van der Waals surface area contributed by atoms with E-state index in [1.54, 1.807) is 20.8 Å². The standard InChI is InChI=1S/C20H29NO5/c1-13(2)25-16-8-6-14(7-9-16)10-15-11-17(18(22)23)21(12-15)19(24)26-20(3,4)5/h6-9,13,15,17H,10-12H2,1-5H3,(H,22,23)/t15?,17-/m0/s1. The van der Waals surface area contributed by atoms with Gasteiger partial charge in [-0.15, -0.1) is 0 Å². The number of hydrogen-bond acceptors (Lipinski definition) is 4. The van der Waals surface area contributed by atoms with Crippen LogP contribution in [0.4, 0.5) is 4.79 Å². The van der Waals surface area contributed by atoms with Gasteiger partial charge in [0.15, 0.2) is 0 Å². The van der Waals surface area contributed by atoms with E-state index in [9.17, 15) is 14.7 Å². The summed E-state index contributed by atoms with van der Waals surface area (Å²) in [5, 5.41) is 9.47. The van der Waals surface area contributed by atoms with Gasteiger partial charge in [-0.25, -0.2) is 9.59 Å². The average molecular weight is 363 g/mol. The molecule has 1 N–H and O–H groups in total. The molecule has 1 fully saturated rings. The van der Waals surface area contributed by atoms with Crippen molar-refractivity contribution in [3.63, 3.8) is 0 Å². The van der Waals surface area contributed by atoms with Crippen molar-refractivity contribution >= 4 is 12.1 Å². The molecule has 1 aromatic carbocycles. The Bertz CT molecular complexity index is 633. The molecule has 1 unspecified atom stereocenters. The fraction of sp³-hybridized carbons (Fsp3) is 0.600. The van der Waals surface area contributed by atoms with E-state index < -0.39 is 23.7 Å². The van der Waals surface area contributed by atoms with Gasteiger partial charge in [-0.2, -0.15) is 0 Å². The lowest BCUT2D eigenvalue weighted by Gasteiger charge is -2.26. The van der Waals surface area contributed by atoms with Crippen molar-refractivity contribution in [2.75, 3.05) is 6.54 Å². The van der Waals surface area contributed by atoms with Crippen LogP contribution in [0.3, 0.4) is 0 Å². The molecule has 1 aliphatic rings. The molecule has 0 aromatic heterocycles. The summed E-state index contributed by atoms with van der Waals surface area (Å²) in [6.45, 7) is 9.66. The van der Waals surface area contributed by atoms with Crippen molar-refractivity contribution in [1.29, 1.82) is 0 Å². The maximum Gasteiger partial charge on any atom is 0.411 e. The van der Waals surface area contributed by atoms with Gasteiger partial charge in [0.2, 0.25) is 0 Å². The number of likely N-dealkylation sites (tertiary alicyclic amines) is 1. The van der Waals surface area contributed by atoms with Gasteiger partial charge in [0, 0.05) is 6.54 Å². The van der Waals surface area contributed by atoms with Gasteiger partial charge in [-0.1, -0.05) is 12.1 Å². The Kier molecular flexibility index (Phi) is 6.16. The number of aliphatic carboxylic acids is 1. The maximum atomic E-state index is 12.3. The van der Waals surface area contributed by atoms with Crippen LogP contribution < -0.4 is 4.74 Å². The average Bonchev–Trinajstić information content (AvgIpc) is 2.91. The maximum absolute atomic E-state index is 12.3. The number of amides is 1. The van der Waals surface area contributed by atoms with Crippen LogP contribution in [0.15, 0.2) is 24.3 Å². The van der Waals surface area contributed by atoms with Crippen molar-refractivity contribution in [2.24, 2.45) is 5.92 Å². The summed E-state index contributed by atoms with van der Waals surface area (Å²) in [6, 6.07) is 6.99. The molecule has 1 saturated heterocycles. The van der Waals surface area contributed by atoms with Gasteiger partial charge >= 0.3 is 12.1 Å². The van der Waals surface area contributed by atoms with E-state index in [1.807, 2.05) is 38.1 Å². The third kappa shape index (κ3) is 5.64. The predicted octanol–water partition coefficient (Wildman–Crippen LogP) is 3.73. The van der Waals surface area contributed by atoms with Crippen molar-refractivity contribution in [2.45, 2.75) is 65.2 Å². The molecule has 1 heterocycles.